The van der Waals surface area contributed by atoms with Crippen molar-refractivity contribution >= 4 is 29.1 Å². The molecule has 6 heteroatoms. The van der Waals surface area contributed by atoms with E-state index < -0.39 is 11.9 Å². The number of carbonyl (C=O) groups is 2. The van der Waals surface area contributed by atoms with E-state index in [1.807, 2.05) is 13.8 Å². The summed E-state index contributed by atoms with van der Waals surface area (Å²) in [4.78, 5) is 25.4. The van der Waals surface area contributed by atoms with Gasteiger partial charge in [-0.15, -0.1) is 0 Å². The van der Waals surface area contributed by atoms with Crippen LogP contribution in [0.5, 0.6) is 0 Å². The number of nitrogens with zero attached hydrogens (tertiary/aromatic N) is 1. The van der Waals surface area contributed by atoms with E-state index in [-0.39, 0.29) is 35.0 Å². The third-order valence-electron chi connectivity index (χ3n) is 3.59. The van der Waals surface area contributed by atoms with Gasteiger partial charge in [-0.05, 0) is 18.1 Å². The summed E-state index contributed by atoms with van der Waals surface area (Å²) in [5, 5.41) is 2.60. The lowest BCUT2D eigenvalue weighted by Crippen LogP contribution is -2.60. The van der Waals surface area contributed by atoms with Gasteiger partial charge in [0.2, 0.25) is 11.8 Å². The lowest BCUT2D eigenvalue weighted by Gasteiger charge is -2.35. The number of piperazine rings is 1. The minimum Gasteiger partial charge on any atom is -0.342 e. The van der Waals surface area contributed by atoms with Crippen LogP contribution >= 0.6 is 11.6 Å². The number of halogens is 2. The van der Waals surface area contributed by atoms with Crippen molar-refractivity contribution < 1.29 is 14.0 Å². The largest absolute Gasteiger partial charge is 0.342 e. The van der Waals surface area contributed by atoms with E-state index in [1.165, 1.54) is 12.1 Å². The predicted octanol–water partition coefficient (Wildman–Crippen LogP) is 2.36. The third-order valence-corrected chi connectivity index (χ3v) is 3.88. The molecule has 1 N–H and O–H groups in total. The molecule has 2 rings (SSSR count). The smallest absolute Gasteiger partial charge is 0.250 e. The molecule has 0 spiro atoms. The van der Waals surface area contributed by atoms with Crippen LogP contribution in [0.25, 0.3) is 0 Å². The maximum absolute atomic E-state index is 14.0. The van der Waals surface area contributed by atoms with Gasteiger partial charge in [0.25, 0.3) is 0 Å². The highest BCUT2D eigenvalue weighted by atomic mass is 35.5. The van der Waals surface area contributed by atoms with Crippen LogP contribution in [0.15, 0.2) is 18.2 Å². The molecule has 1 aromatic rings. The van der Waals surface area contributed by atoms with E-state index >= 15 is 0 Å². The summed E-state index contributed by atoms with van der Waals surface area (Å²) in [6.07, 6.45) is 0.739. The quantitative estimate of drug-likeness (QED) is 0.931. The molecule has 2 unspecified atom stereocenters. The molecule has 1 aromatic carbocycles. The fraction of sp³-hybridized carbons (Fsp3) is 0.429. The van der Waals surface area contributed by atoms with E-state index in [2.05, 4.69) is 5.32 Å². The lowest BCUT2D eigenvalue weighted by atomic mass is 9.96. The molecule has 1 heterocycles. The Morgan fingerprint density at radius 3 is 2.85 bits per heavy atom. The number of nitrogens with one attached hydrogen (secondary N) is 1. The van der Waals surface area contributed by atoms with Crippen LogP contribution in [0.3, 0.4) is 0 Å². The van der Waals surface area contributed by atoms with Gasteiger partial charge in [0, 0.05) is 0 Å². The van der Waals surface area contributed by atoms with E-state index in [1.54, 1.807) is 6.07 Å². The first kappa shape index (κ1) is 14.8. The Hall–Kier alpha value is -1.62. The second-order valence-corrected chi connectivity index (χ2v) is 5.34. The lowest BCUT2D eigenvalue weighted by molar-refractivity contribution is -0.132. The van der Waals surface area contributed by atoms with E-state index in [0.717, 1.165) is 11.3 Å². The molecule has 1 fully saturated rings. The number of hydrogen-bond acceptors (Lipinski definition) is 2. The highest BCUT2D eigenvalue weighted by molar-refractivity contribution is 6.31. The Kier molecular flexibility index (Phi) is 4.28. The fourth-order valence-corrected chi connectivity index (χ4v) is 2.37. The van der Waals surface area contributed by atoms with Crippen LogP contribution in [0.1, 0.15) is 20.3 Å². The van der Waals surface area contributed by atoms with Crippen LogP contribution in [0.4, 0.5) is 10.1 Å². The molecule has 20 heavy (non-hydrogen) atoms. The second kappa shape index (κ2) is 5.79. The minimum atomic E-state index is -0.680. The molecule has 0 aromatic heterocycles. The molecular weight excluding hydrogens is 283 g/mol. The zero-order valence-corrected chi connectivity index (χ0v) is 12.1. The number of hydrogen-bond donors (Lipinski definition) is 1. The van der Waals surface area contributed by atoms with Gasteiger partial charge < -0.3 is 5.32 Å². The van der Waals surface area contributed by atoms with Gasteiger partial charge in [-0.2, -0.15) is 0 Å². The predicted molar refractivity (Wildman–Crippen MR) is 75.1 cm³/mol. The average molecular weight is 299 g/mol. The average Bonchev–Trinajstić information content (AvgIpc) is 2.43. The molecule has 0 radical (unpaired) electrons. The van der Waals surface area contributed by atoms with Gasteiger partial charge in [-0.3, -0.25) is 14.5 Å². The van der Waals surface area contributed by atoms with Gasteiger partial charge in [0.05, 0.1) is 10.7 Å². The van der Waals surface area contributed by atoms with Crippen molar-refractivity contribution in [2.45, 2.75) is 26.3 Å². The van der Waals surface area contributed by atoms with Crippen LogP contribution in [-0.4, -0.2) is 24.4 Å². The maximum atomic E-state index is 14.0. The summed E-state index contributed by atoms with van der Waals surface area (Å²) in [7, 11) is 0. The van der Waals surface area contributed by atoms with Crippen LogP contribution in [0, 0.1) is 11.7 Å². The molecule has 0 aliphatic carbocycles. The summed E-state index contributed by atoms with van der Waals surface area (Å²) >= 11 is 5.73. The number of carbonyl (C=O) groups excluding carboxylic acids is 2. The standard InChI is InChI=1S/C14H16ClFN2O2/c1-3-8(2)13-14(20)18(7-11(19)17-13)10-6-4-5-9(15)12(10)16/h4-6,8,13H,3,7H2,1-2H3,(H,17,19). The molecule has 1 aliphatic rings. The number of benzene rings is 1. The van der Waals surface area contributed by atoms with Gasteiger partial charge in [-0.25, -0.2) is 4.39 Å². The Labute approximate surface area is 121 Å². The van der Waals surface area contributed by atoms with Gasteiger partial charge in [0.15, 0.2) is 5.82 Å². The van der Waals surface area contributed by atoms with Crippen LogP contribution in [0.2, 0.25) is 5.02 Å². The van der Waals surface area contributed by atoms with Crippen LogP contribution in [-0.2, 0) is 9.59 Å². The highest BCUT2D eigenvalue weighted by Crippen LogP contribution is 2.28. The Morgan fingerprint density at radius 1 is 1.50 bits per heavy atom. The molecule has 2 atom stereocenters. The number of amides is 2. The zero-order valence-electron chi connectivity index (χ0n) is 11.3. The summed E-state index contributed by atoms with van der Waals surface area (Å²) in [6.45, 7) is 3.62. The van der Waals surface area contributed by atoms with Crippen molar-refractivity contribution in [3.05, 3.63) is 29.0 Å². The Morgan fingerprint density at radius 2 is 2.20 bits per heavy atom. The van der Waals surface area contributed by atoms with Gasteiger partial charge >= 0.3 is 0 Å². The van der Waals surface area contributed by atoms with Gasteiger partial charge in [0.1, 0.15) is 12.6 Å². The summed E-state index contributed by atoms with van der Waals surface area (Å²) in [5.74, 6) is -1.30. The molecule has 4 nitrogen and oxygen atoms in total. The molecule has 1 aliphatic heterocycles. The first-order valence-electron chi connectivity index (χ1n) is 6.50. The van der Waals surface area contributed by atoms with E-state index in [0.29, 0.717) is 0 Å². The first-order chi connectivity index (χ1) is 9.45. The van der Waals surface area contributed by atoms with E-state index in [9.17, 15) is 14.0 Å². The molecule has 0 saturated carbocycles. The summed E-state index contributed by atoms with van der Waals surface area (Å²) in [5.41, 5.74) is 0.0469. The fourth-order valence-electron chi connectivity index (χ4n) is 2.20. The second-order valence-electron chi connectivity index (χ2n) is 4.93. The number of anilines is 1. The highest BCUT2D eigenvalue weighted by Gasteiger charge is 2.37. The first-order valence-corrected chi connectivity index (χ1v) is 6.88. The topological polar surface area (TPSA) is 49.4 Å². The van der Waals surface area contributed by atoms with Crippen molar-refractivity contribution in [3.8, 4) is 0 Å². The normalized spacial score (nSPS) is 20.8. The molecule has 1 saturated heterocycles. The van der Waals surface area contributed by atoms with Crippen LogP contribution < -0.4 is 10.2 Å². The SMILES string of the molecule is CCC(C)C1NC(=O)CN(c2cccc(Cl)c2F)C1=O. The maximum Gasteiger partial charge on any atom is 0.250 e. The molecular formula is C14H16ClFN2O2. The summed E-state index contributed by atoms with van der Waals surface area (Å²) < 4.78 is 14.0. The monoisotopic (exact) mass is 298 g/mol. The summed E-state index contributed by atoms with van der Waals surface area (Å²) in [6, 6.07) is 3.78. The van der Waals surface area contributed by atoms with Crippen molar-refractivity contribution in [1.29, 1.82) is 0 Å². The van der Waals surface area contributed by atoms with Crippen molar-refractivity contribution in [2.24, 2.45) is 5.92 Å². The Balaban J connectivity index is 2.37. The molecule has 2 amide bonds. The Bertz CT molecular complexity index is 550. The third kappa shape index (κ3) is 2.63. The molecule has 0 bridgehead atoms. The number of rotatable bonds is 3. The van der Waals surface area contributed by atoms with Crippen molar-refractivity contribution in [2.75, 3.05) is 11.4 Å². The molecule has 108 valence electrons. The zero-order chi connectivity index (χ0) is 14.9. The van der Waals surface area contributed by atoms with Gasteiger partial charge in [-0.1, -0.05) is 37.9 Å². The van der Waals surface area contributed by atoms with Crippen molar-refractivity contribution in [1.82, 2.24) is 5.32 Å². The van der Waals surface area contributed by atoms with E-state index in [4.69, 9.17) is 11.6 Å². The van der Waals surface area contributed by atoms with Crippen molar-refractivity contribution in [3.63, 3.8) is 0 Å². The minimum absolute atomic E-state index is 0.0171.